The first-order valence-corrected chi connectivity index (χ1v) is 11.0. The quantitative estimate of drug-likeness (QED) is 0.601. The van der Waals surface area contributed by atoms with Crippen LogP contribution < -0.4 is 10.6 Å². The number of aryl methyl sites for hydroxylation is 1. The summed E-state index contributed by atoms with van der Waals surface area (Å²) in [6.07, 6.45) is 6.10. The number of imidazole rings is 1. The molecule has 0 radical (unpaired) electrons. The van der Waals surface area contributed by atoms with E-state index in [2.05, 4.69) is 27.8 Å². The molecule has 1 atom stereocenters. The molecule has 2 N–H and O–H groups in total. The molecular weight excluding hydrogens is 412 g/mol. The number of benzene rings is 2. The molecule has 0 aliphatic heterocycles. The van der Waals surface area contributed by atoms with Crippen molar-refractivity contribution >= 4 is 34.9 Å². The standard InChI is InChI=1S/C24H23ClN4O2/c25-18-7-9-19(10-8-18)27-24(31)21-22(29(14-26-21)20-11-12-20)28-23(30)17-6-5-15-3-1-2-4-16(15)13-17/h1-4,7-10,14,17,20H,5-6,11-13H2,(H,27,31)(H,28,30). The third-order valence-electron chi connectivity index (χ3n) is 6.01. The maximum Gasteiger partial charge on any atom is 0.278 e. The highest BCUT2D eigenvalue weighted by molar-refractivity contribution is 6.30. The molecular formula is C24H23ClN4O2. The lowest BCUT2D eigenvalue weighted by molar-refractivity contribution is -0.120. The van der Waals surface area contributed by atoms with Crippen molar-refractivity contribution in [1.29, 1.82) is 0 Å². The van der Waals surface area contributed by atoms with Crippen LogP contribution in [0.15, 0.2) is 54.9 Å². The first kappa shape index (κ1) is 19.8. The maximum absolute atomic E-state index is 13.1. The van der Waals surface area contributed by atoms with E-state index in [0.29, 0.717) is 22.9 Å². The number of carbonyl (C=O) groups is 2. The summed E-state index contributed by atoms with van der Waals surface area (Å²) in [5.41, 5.74) is 3.39. The van der Waals surface area contributed by atoms with Crippen molar-refractivity contribution in [3.8, 4) is 0 Å². The normalized spacial score (nSPS) is 17.6. The number of hydrogen-bond acceptors (Lipinski definition) is 3. The van der Waals surface area contributed by atoms with Gasteiger partial charge in [0.2, 0.25) is 5.91 Å². The molecule has 0 bridgehead atoms. The molecule has 5 rings (SSSR count). The van der Waals surface area contributed by atoms with E-state index in [-0.39, 0.29) is 29.5 Å². The monoisotopic (exact) mass is 434 g/mol. The summed E-state index contributed by atoms with van der Waals surface area (Å²) in [5, 5.41) is 6.47. The molecule has 2 amide bonds. The molecule has 1 saturated carbocycles. The molecule has 7 heteroatoms. The Morgan fingerprint density at radius 2 is 1.71 bits per heavy atom. The lowest BCUT2D eigenvalue weighted by atomic mass is 9.83. The van der Waals surface area contributed by atoms with Gasteiger partial charge in [0.25, 0.3) is 5.91 Å². The minimum Gasteiger partial charge on any atom is -0.321 e. The van der Waals surface area contributed by atoms with Crippen LogP contribution in [-0.4, -0.2) is 21.4 Å². The number of amides is 2. The van der Waals surface area contributed by atoms with Gasteiger partial charge in [0.05, 0.1) is 6.33 Å². The Morgan fingerprint density at radius 3 is 2.45 bits per heavy atom. The van der Waals surface area contributed by atoms with Crippen LogP contribution in [0.4, 0.5) is 11.5 Å². The molecule has 3 aromatic rings. The van der Waals surface area contributed by atoms with Gasteiger partial charge < -0.3 is 15.2 Å². The van der Waals surface area contributed by atoms with Crippen molar-refractivity contribution < 1.29 is 9.59 Å². The predicted molar refractivity (Wildman–Crippen MR) is 120 cm³/mol. The van der Waals surface area contributed by atoms with E-state index >= 15 is 0 Å². The molecule has 6 nitrogen and oxygen atoms in total. The van der Waals surface area contributed by atoms with E-state index in [9.17, 15) is 9.59 Å². The number of halogens is 1. The van der Waals surface area contributed by atoms with Crippen LogP contribution >= 0.6 is 11.6 Å². The van der Waals surface area contributed by atoms with Crippen LogP contribution in [0.25, 0.3) is 0 Å². The molecule has 1 fully saturated rings. The fraction of sp³-hybridized carbons (Fsp3) is 0.292. The molecule has 2 aliphatic carbocycles. The lowest BCUT2D eigenvalue weighted by Crippen LogP contribution is -2.30. The average Bonchev–Trinajstić information content (AvgIpc) is 3.55. The second-order valence-corrected chi connectivity index (χ2v) is 8.68. The van der Waals surface area contributed by atoms with E-state index in [1.807, 2.05) is 16.7 Å². The predicted octanol–water partition coefficient (Wildman–Crippen LogP) is 4.87. The Labute approximate surface area is 185 Å². The average molecular weight is 435 g/mol. The summed E-state index contributed by atoms with van der Waals surface area (Å²) >= 11 is 5.92. The molecule has 1 aromatic heterocycles. The number of hydrogen-bond donors (Lipinski definition) is 2. The van der Waals surface area contributed by atoms with Gasteiger partial charge in [-0.15, -0.1) is 0 Å². The number of aromatic nitrogens is 2. The van der Waals surface area contributed by atoms with Crippen LogP contribution in [0.1, 0.15) is 46.9 Å². The Balaban J connectivity index is 1.36. The second kappa shape index (κ2) is 8.19. The minimum atomic E-state index is -0.356. The molecule has 0 saturated heterocycles. The van der Waals surface area contributed by atoms with Crippen LogP contribution in [0, 0.1) is 5.92 Å². The number of carbonyl (C=O) groups excluding carboxylic acids is 2. The Morgan fingerprint density at radius 1 is 0.968 bits per heavy atom. The number of anilines is 2. The van der Waals surface area contributed by atoms with Crippen LogP contribution in [0.5, 0.6) is 0 Å². The molecule has 31 heavy (non-hydrogen) atoms. The lowest BCUT2D eigenvalue weighted by Gasteiger charge is -2.24. The second-order valence-electron chi connectivity index (χ2n) is 8.24. The van der Waals surface area contributed by atoms with Crippen molar-refractivity contribution in [3.05, 3.63) is 76.7 Å². The Kier molecular flexibility index (Phi) is 5.24. The number of rotatable bonds is 5. The van der Waals surface area contributed by atoms with Crippen molar-refractivity contribution in [2.75, 3.05) is 10.6 Å². The van der Waals surface area contributed by atoms with E-state index in [4.69, 9.17) is 11.6 Å². The topological polar surface area (TPSA) is 76.0 Å². The molecule has 2 aromatic carbocycles. The van der Waals surface area contributed by atoms with Crippen LogP contribution in [0.3, 0.4) is 0 Å². The SMILES string of the molecule is O=C(Nc1ccc(Cl)cc1)c1ncn(C2CC2)c1NC(=O)C1CCc2ccccc2C1. The summed E-state index contributed by atoms with van der Waals surface area (Å²) in [4.78, 5) is 30.4. The summed E-state index contributed by atoms with van der Waals surface area (Å²) < 4.78 is 1.92. The van der Waals surface area contributed by atoms with E-state index in [1.54, 1.807) is 30.6 Å². The third kappa shape index (κ3) is 4.21. The van der Waals surface area contributed by atoms with Gasteiger partial charge in [-0.1, -0.05) is 35.9 Å². The highest BCUT2D eigenvalue weighted by Crippen LogP contribution is 2.38. The van der Waals surface area contributed by atoms with Crippen molar-refractivity contribution in [2.24, 2.45) is 5.92 Å². The molecule has 2 aliphatic rings. The first-order chi connectivity index (χ1) is 15.1. The fourth-order valence-corrected chi connectivity index (χ4v) is 4.27. The molecule has 1 heterocycles. The van der Waals surface area contributed by atoms with Crippen LogP contribution in [-0.2, 0) is 17.6 Å². The Hall–Kier alpha value is -3.12. The van der Waals surface area contributed by atoms with Gasteiger partial charge in [-0.05, 0) is 67.5 Å². The molecule has 158 valence electrons. The summed E-state index contributed by atoms with van der Waals surface area (Å²) in [5.74, 6) is -0.0501. The minimum absolute atomic E-state index is 0.0579. The third-order valence-corrected chi connectivity index (χ3v) is 6.26. The number of nitrogens with one attached hydrogen (secondary N) is 2. The highest BCUT2D eigenvalue weighted by atomic mass is 35.5. The summed E-state index contributed by atoms with van der Waals surface area (Å²) in [6.45, 7) is 0. The largest absolute Gasteiger partial charge is 0.321 e. The van der Waals surface area contributed by atoms with E-state index < -0.39 is 0 Å². The summed E-state index contributed by atoms with van der Waals surface area (Å²) in [6, 6.07) is 15.4. The van der Waals surface area contributed by atoms with E-state index in [0.717, 1.165) is 25.7 Å². The maximum atomic E-state index is 13.1. The van der Waals surface area contributed by atoms with Crippen LogP contribution in [0.2, 0.25) is 5.02 Å². The number of fused-ring (bicyclic) bond motifs is 1. The van der Waals surface area contributed by atoms with Gasteiger partial charge in [-0.3, -0.25) is 9.59 Å². The smallest absolute Gasteiger partial charge is 0.278 e. The zero-order valence-electron chi connectivity index (χ0n) is 17.0. The zero-order chi connectivity index (χ0) is 21.4. The van der Waals surface area contributed by atoms with Gasteiger partial charge >= 0.3 is 0 Å². The zero-order valence-corrected chi connectivity index (χ0v) is 17.7. The molecule has 0 spiro atoms. The van der Waals surface area contributed by atoms with Crippen molar-refractivity contribution in [3.63, 3.8) is 0 Å². The van der Waals surface area contributed by atoms with Gasteiger partial charge in [0.15, 0.2) is 5.69 Å². The fourth-order valence-electron chi connectivity index (χ4n) is 4.14. The first-order valence-electron chi connectivity index (χ1n) is 10.6. The van der Waals surface area contributed by atoms with Crippen molar-refractivity contribution in [1.82, 2.24) is 9.55 Å². The highest BCUT2D eigenvalue weighted by Gasteiger charge is 2.32. The van der Waals surface area contributed by atoms with Gasteiger partial charge in [0, 0.05) is 22.7 Å². The molecule has 1 unspecified atom stereocenters. The Bertz CT molecular complexity index is 1130. The number of nitrogens with zero attached hydrogens (tertiary/aromatic N) is 2. The van der Waals surface area contributed by atoms with E-state index in [1.165, 1.54) is 11.1 Å². The van der Waals surface area contributed by atoms with Gasteiger partial charge in [0.1, 0.15) is 5.82 Å². The summed E-state index contributed by atoms with van der Waals surface area (Å²) in [7, 11) is 0. The van der Waals surface area contributed by atoms with Gasteiger partial charge in [-0.25, -0.2) is 4.98 Å². The van der Waals surface area contributed by atoms with Gasteiger partial charge in [-0.2, -0.15) is 0 Å². The van der Waals surface area contributed by atoms with Crippen molar-refractivity contribution in [2.45, 2.75) is 38.1 Å².